The average Bonchev–Trinajstić information content (AvgIpc) is 2.76. The van der Waals surface area contributed by atoms with E-state index in [1.54, 1.807) is 11.8 Å². The Morgan fingerprint density at radius 2 is 2.17 bits per heavy atom. The lowest BCUT2D eigenvalue weighted by Crippen LogP contribution is -2.41. The van der Waals surface area contributed by atoms with E-state index in [9.17, 15) is 0 Å². The van der Waals surface area contributed by atoms with Crippen LogP contribution < -0.4 is 15.5 Å². The predicted molar refractivity (Wildman–Crippen MR) is 126 cm³/mol. The summed E-state index contributed by atoms with van der Waals surface area (Å²) in [6.07, 6.45) is 4.29. The number of ether oxygens (including phenoxy) is 1. The molecule has 1 saturated heterocycles. The minimum Gasteiger partial charge on any atom is -0.375 e. The maximum absolute atomic E-state index is 5.61. The van der Waals surface area contributed by atoms with Gasteiger partial charge in [-0.3, -0.25) is 0 Å². The molecule has 0 aliphatic carbocycles. The lowest BCUT2D eigenvalue weighted by molar-refractivity contribution is 0.0529. The SMILES string of the molecule is CCNC(=NCc1ccc(N2CCOC(C)C2)nc1)NCc1ccc(C)cc1SC. The number of aryl methyl sites for hydroxylation is 1. The van der Waals surface area contributed by atoms with Gasteiger partial charge in [0.05, 0.1) is 19.3 Å². The third-order valence-corrected chi connectivity index (χ3v) is 5.85. The van der Waals surface area contributed by atoms with Gasteiger partial charge in [-0.2, -0.15) is 0 Å². The zero-order valence-electron chi connectivity index (χ0n) is 18.4. The largest absolute Gasteiger partial charge is 0.375 e. The molecule has 3 rings (SSSR count). The first-order chi connectivity index (χ1) is 14.6. The maximum Gasteiger partial charge on any atom is 0.191 e. The van der Waals surface area contributed by atoms with Crippen molar-refractivity contribution in [3.05, 3.63) is 53.2 Å². The van der Waals surface area contributed by atoms with Gasteiger partial charge in [-0.25, -0.2) is 9.98 Å². The number of anilines is 1. The highest BCUT2D eigenvalue weighted by Crippen LogP contribution is 2.21. The van der Waals surface area contributed by atoms with Gasteiger partial charge in [0.25, 0.3) is 0 Å². The molecule has 1 aliphatic rings. The van der Waals surface area contributed by atoms with Gasteiger partial charge in [0.15, 0.2) is 5.96 Å². The van der Waals surface area contributed by atoms with Crippen molar-refractivity contribution < 1.29 is 4.74 Å². The van der Waals surface area contributed by atoms with Crippen molar-refractivity contribution in [1.82, 2.24) is 15.6 Å². The van der Waals surface area contributed by atoms with Crippen molar-refractivity contribution in [1.29, 1.82) is 0 Å². The summed E-state index contributed by atoms with van der Waals surface area (Å²) in [5.74, 6) is 1.82. The minimum atomic E-state index is 0.249. The van der Waals surface area contributed by atoms with Crippen molar-refractivity contribution >= 4 is 23.5 Å². The number of thioether (sulfide) groups is 1. The second-order valence-corrected chi connectivity index (χ2v) is 8.36. The fraction of sp³-hybridized carbons (Fsp3) is 0.478. The maximum atomic E-state index is 5.61. The molecule has 1 atom stereocenters. The number of nitrogens with one attached hydrogen (secondary N) is 2. The van der Waals surface area contributed by atoms with E-state index in [1.165, 1.54) is 16.0 Å². The van der Waals surface area contributed by atoms with Gasteiger partial charge in [0.1, 0.15) is 5.82 Å². The van der Waals surface area contributed by atoms with Crippen molar-refractivity contribution in [2.24, 2.45) is 4.99 Å². The van der Waals surface area contributed by atoms with Crippen LogP contribution in [0.2, 0.25) is 0 Å². The van der Waals surface area contributed by atoms with Crippen molar-refractivity contribution in [3.8, 4) is 0 Å². The van der Waals surface area contributed by atoms with Gasteiger partial charge in [-0.05, 0) is 55.9 Å². The molecule has 1 aromatic heterocycles. The number of rotatable bonds is 7. The highest BCUT2D eigenvalue weighted by atomic mass is 32.2. The number of aliphatic imine (C=N–C) groups is 1. The summed E-state index contributed by atoms with van der Waals surface area (Å²) in [6.45, 7) is 11.0. The first-order valence-electron chi connectivity index (χ1n) is 10.6. The van der Waals surface area contributed by atoms with Gasteiger partial charge >= 0.3 is 0 Å². The molecule has 1 fully saturated rings. The number of pyridine rings is 1. The molecule has 0 amide bonds. The van der Waals surface area contributed by atoms with Crippen LogP contribution in [0.4, 0.5) is 5.82 Å². The number of hydrogen-bond acceptors (Lipinski definition) is 5. The molecule has 2 aromatic rings. The molecule has 7 heteroatoms. The normalized spacial score (nSPS) is 17.1. The number of nitrogens with zero attached hydrogens (tertiary/aromatic N) is 3. The summed E-state index contributed by atoms with van der Waals surface area (Å²) >= 11 is 1.78. The zero-order valence-corrected chi connectivity index (χ0v) is 19.3. The number of morpholine rings is 1. The fourth-order valence-corrected chi connectivity index (χ4v) is 4.12. The summed E-state index contributed by atoms with van der Waals surface area (Å²) < 4.78 is 5.61. The van der Waals surface area contributed by atoms with E-state index in [1.807, 2.05) is 6.20 Å². The Kier molecular flexibility index (Phi) is 8.39. The summed E-state index contributed by atoms with van der Waals surface area (Å²) in [7, 11) is 0. The Hall–Kier alpha value is -2.25. The van der Waals surface area contributed by atoms with E-state index in [0.29, 0.717) is 6.54 Å². The molecular weight excluding hydrogens is 394 g/mol. The third-order valence-electron chi connectivity index (χ3n) is 5.03. The van der Waals surface area contributed by atoms with Gasteiger partial charge in [0, 0.05) is 37.3 Å². The number of aromatic nitrogens is 1. The summed E-state index contributed by atoms with van der Waals surface area (Å²) in [4.78, 5) is 13.0. The Labute approximate surface area is 184 Å². The van der Waals surface area contributed by atoms with Crippen LogP contribution in [-0.4, -0.2) is 49.5 Å². The monoisotopic (exact) mass is 427 g/mol. The second-order valence-electron chi connectivity index (χ2n) is 7.52. The minimum absolute atomic E-state index is 0.249. The van der Waals surface area contributed by atoms with E-state index in [0.717, 1.165) is 50.1 Å². The van der Waals surface area contributed by atoms with Crippen molar-refractivity contribution in [3.63, 3.8) is 0 Å². The standard InChI is InChI=1S/C23H33N5OS/c1-5-24-23(27-15-20-8-6-17(2)12-21(20)30-4)26-14-19-7-9-22(25-13-19)28-10-11-29-18(3)16-28/h6-9,12-13,18H,5,10-11,14-16H2,1-4H3,(H2,24,26,27). The molecule has 0 radical (unpaired) electrons. The first kappa shape index (κ1) is 22.4. The molecular formula is C23H33N5OS. The van der Waals surface area contributed by atoms with Crippen molar-refractivity contribution in [2.75, 3.05) is 37.4 Å². The quantitative estimate of drug-likeness (QED) is 0.400. The molecule has 162 valence electrons. The zero-order chi connectivity index (χ0) is 21.3. The summed E-state index contributed by atoms with van der Waals surface area (Å²) in [5, 5.41) is 6.78. The van der Waals surface area contributed by atoms with Crippen LogP contribution in [0.1, 0.15) is 30.5 Å². The Morgan fingerprint density at radius 3 is 2.87 bits per heavy atom. The lowest BCUT2D eigenvalue weighted by Gasteiger charge is -2.32. The number of benzene rings is 1. The van der Waals surface area contributed by atoms with E-state index < -0.39 is 0 Å². The second kappa shape index (κ2) is 11.2. The number of guanidine groups is 1. The Bertz CT molecular complexity index is 840. The van der Waals surface area contributed by atoms with Crippen LogP contribution >= 0.6 is 11.8 Å². The molecule has 1 aliphatic heterocycles. The average molecular weight is 428 g/mol. The fourth-order valence-electron chi connectivity index (χ4n) is 3.41. The van der Waals surface area contributed by atoms with E-state index in [4.69, 9.17) is 9.73 Å². The molecule has 0 saturated carbocycles. The van der Waals surface area contributed by atoms with Crippen LogP contribution in [0.3, 0.4) is 0 Å². The Balaban J connectivity index is 1.60. The van der Waals surface area contributed by atoms with E-state index in [-0.39, 0.29) is 6.10 Å². The van der Waals surface area contributed by atoms with Gasteiger partial charge in [0.2, 0.25) is 0 Å². The topological polar surface area (TPSA) is 61.8 Å². The van der Waals surface area contributed by atoms with Gasteiger partial charge in [-0.15, -0.1) is 11.8 Å². The molecule has 30 heavy (non-hydrogen) atoms. The molecule has 2 heterocycles. The van der Waals surface area contributed by atoms with Crippen LogP contribution in [0.25, 0.3) is 0 Å². The highest BCUT2D eigenvalue weighted by molar-refractivity contribution is 7.98. The van der Waals surface area contributed by atoms with Crippen LogP contribution in [-0.2, 0) is 17.8 Å². The molecule has 1 unspecified atom stereocenters. The number of hydrogen-bond donors (Lipinski definition) is 2. The van der Waals surface area contributed by atoms with Gasteiger partial charge in [-0.1, -0.05) is 18.2 Å². The van der Waals surface area contributed by atoms with Crippen LogP contribution in [0.15, 0.2) is 46.4 Å². The molecule has 0 bridgehead atoms. The smallest absolute Gasteiger partial charge is 0.191 e. The van der Waals surface area contributed by atoms with E-state index >= 15 is 0 Å². The molecule has 1 aromatic carbocycles. The van der Waals surface area contributed by atoms with Crippen molar-refractivity contribution in [2.45, 2.75) is 44.9 Å². The molecule has 0 spiro atoms. The van der Waals surface area contributed by atoms with E-state index in [2.05, 4.69) is 77.9 Å². The first-order valence-corrected chi connectivity index (χ1v) is 11.8. The summed E-state index contributed by atoms with van der Waals surface area (Å²) in [6, 6.07) is 10.8. The predicted octanol–water partition coefficient (Wildman–Crippen LogP) is 3.59. The lowest BCUT2D eigenvalue weighted by atomic mass is 10.1. The molecule has 2 N–H and O–H groups in total. The van der Waals surface area contributed by atoms with Crippen LogP contribution in [0.5, 0.6) is 0 Å². The third kappa shape index (κ3) is 6.37. The highest BCUT2D eigenvalue weighted by Gasteiger charge is 2.17. The summed E-state index contributed by atoms with van der Waals surface area (Å²) in [5.41, 5.74) is 3.66. The van der Waals surface area contributed by atoms with Gasteiger partial charge < -0.3 is 20.3 Å². The van der Waals surface area contributed by atoms with Crippen LogP contribution in [0, 0.1) is 6.92 Å². The molecule has 6 nitrogen and oxygen atoms in total. The Morgan fingerprint density at radius 1 is 1.30 bits per heavy atom.